The molecule has 0 aliphatic carbocycles. The number of aliphatic hydroxyl groups is 1. The van der Waals surface area contributed by atoms with Crippen LogP contribution in [0.3, 0.4) is 0 Å². The van der Waals surface area contributed by atoms with Crippen molar-refractivity contribution in [2.75, 3.05) is 12.4 Å². The number of hydrogen-bond donors (Lipinski definition) is 1. The summed E-state index contributed by atoms with van der Waals surface area (Å²) in [5, 5.41) is 8.49. The summed E-state index contributed by atoms with van der Waals surface area (Å²) in [6.07, 6.45) is 0. The van der Waals surface area contributed by atoms with Gasteiger partial charge >= 0.3 is 0 Å². The Balaban J connectivity index is 2.51. The van der Waals surface area contributed by atoms with Gasteiger partial charge in [0, 0.05) is 11.7 Å². The maximum atomic E-state index is 11.0. The maximum absolute atomic E-state index is 11.0. The van der Waals surface area contributed by atoms with Crippen LogP contribution in [0.5, 0.6) is 0 Å². The Bertz CT molecular complexity index is 124. The summed E-state index contributed by atoms with van der Waals surface area (Å²) in [6, 6.07) is 0. The zero-order chi connectivity index (χ0) is 6.85. The number of hydrogen-bond acceptors (Lipinski definition) is 3. The molecule has 0 amide bonds. The quantitative estimate of drug-likeness (QED) is 0.578. The first-order chi connectivity index (χ1) is 4.25. The van der Waals surface area contributed by atoms with Crippen molar-refractivity contribution in [1.29, 1.82) is 0 Å². The van der Waals surface area contributed by atoms with Gasteiger partial charge in [0.25, 0.3) is 0 Å². The fourth-order valence-electron chi connectivity index (χ4n) is 0.885. The first-order valence-corrected chi connectivity index (χ1v) is 4.06. The number of thioether (sulfide) groups is 1. The second kappa shape index (κ2) is 2.71. The van der Waals surface area contributed by atoms with Gasteiger partial charge in [-0.3, -0.25) is 4.79 Å². The number of carbonyl (C=O) groups excluding carboxylic acids is 1. The third-order valence-corrected chi connectivity index (χ3v) is 2.99. The van der Waals surface area contributed by atoms with Gasteiger partial charge in [0.2, 0.25) is 0 Å². The highest BCUT2D eigenvalue weighted by atomic mass is 32.2. The van der Waals surface area contributed by atoms with Crippen molar-refractivity contribution in [2.24, 2.45) is 5.92 Å². The minimum absolute atomic E-state index is 0.00778. The lowest BCUT2D eigenvalue weighted by Crippen LogP contribution is -2.19. The number of carbonyl (C=O) groups is 1. The van der Waals surface area contributed by atoms with E-state index in [0.717, 1.165) is 5.75 Å². The molecule has 1 rings (SSSR count). The van der Waals surface area contributed by atoms with Crippen LogP contribution in [0.2, 0.25) is 0 Å². The van der Waals surface area contributed by atoms with Gasteiger partial charge in [-0.2, -0.15) is 0 Å². The summed E-state index contributed by atoms with van der Waals surface area (Å²) in [7, 11) is 0. The van der Waals surface area contributed by atoms with E-state index < -0.39 is 0 Å². The van der Waals surface area contributed by atoms with E-state index in [4.69, 9.17) is 5.11 Å². The van der Waals surface area contributed by atoms with E-state index in [2.05, 4.69) is 0 Å². The second-order valence-electron chi connectivity index (χ2n) is 2.31. The summed E-state index contributed by atoms with van der Waals surface area (Å²) in [6.45, 7) is 1.92. The van der Waals surface area contributed by atoms with Crippen LogP contribution in [0.25, 0.3) is 0 Å². The molecule has 1 saturated heterocycles. The summed E-state index contributed by atoms with van der Waals surface area (Å²) in [5.41, 5.74) is 0. The van der Waals surface area contributed by atoms with Crippen molar-refractivity contribution in [3.63, 3.8) is 0 Å². The van der Waals surface area contributed by atoms with Crippen LogP contribution in [0.4, 0.5) is 0 Å². The Morgan fingerprint density at radius 1 is 1.89 bits per heavy atom. The van der Waals surface area contributed by atoms with Gasteiger partial charge in [0.1, 0.15) is 0 Å². The van der Waals surface area contributed by atoms with Crippen molar-refractivity contribution in [1.82, 2.24) is 0 Å². The van der Waals surface area contributed by atoms with Crippen LogP contribution >= 0.6 is 11.8 Å². The third kappa shape index (κ3) is 1.27. The van der Waals surface area contributed by atoms with Gasteiger partial charge in [0.15, 0.2) is 5.78 Å². The average molecular weight is 146 g/mol. The topological polar surface area (TPSA) is 37.3 Å². The lowest BCUT2D eigenvalue weighted by Gasteiger charge is -1.99. The van der Waals surface area contributed by atoms with Crippen molar-refractivity contribution >= 4 is 17.5 Å². The van der Waals surface area contributed by atoms with E-state index >= 15 is 0 Å². The van der Waals surface area contributed by atoms with Gasteiger partial charge in [-0.15, -0.1) is 11.8 Å². The minimum Gasteiger partial charge on any atom is -0.395 e. The average Bonchev–Trinajstić information content (AvgIpc) is 2.15. The first-order valence-electron chi connectivity index (χ1n) is 3.02. The van der Waals surface area contributed by atoms with Crippen molar-refractivity contribution in [3.8, 4) is 0 Å². The number of aliphatic hydroxyl groups excluding tert-OH is 1. The lowest BCUT2D eigenvalue weighted by atomic mass is 10.1. The smallest absolute Gasteiger partial charge is 0.151 e. The van der Waals surface area contributed by atoms with Crippen LogP contribution < -0.4 is 0 Å². The molecule has 0 bridgehead atoms. The molecular weight excluding hydrogens is 136 g/mol. The molecule has 1 aliphatic rings. The molecule has 1 heterocycles. The lowest BCUT2D eigenvalue weighted by molar-refractivity contribution is -0.121. The second-order valence-corrected chi connectivity index (χ2v) is 3.54. The molecule has 0 aromatic heterocycles. The van der Waals surface area contributed by atoms with E-state index in [1.165, 1.54) is 0 Å². The van der Waals surface area contributed by atoms with Crippen molar-refractivity contribution in [3.05, 3.63) is 0 Å². The van der Waals surface area contributed by atoms with Crippen LogP contribution in [0.1, 0.15) is 6.92 Å². The fraction of sp³-hybridized carbons (Fsp3) is 0.833. The molecule has 3 heteroatoms. The minimum atomic E-state index is -0.125. The van der Waals surface area contributed by atoms with Crippen LogP contribution in [0, 0.1) is 5.92 Å². The highest BCUT2D eigenvalue weighted by Gasteiger charge is 2.30. The van der Waals surface area contributed by atoms with Gasteiger partial charge < -0.3 is 5.11 Å². The SMILES string of the molecule is C[C@@H]1CS[C@H](CO)C1=O. The molecule has 52 valence electrons. The van der Waals surface area contributed by atoms with Crippen LogP contribution in [-0.4, -0.2) is 28.5 Å². The third-order valence-electron chi connectivity index (χ3n) is 1.52. The molecule has 1 aliphatic heterocycles. The highest BCUT2D eigenvalue weighted by molar-refractivity contribution is 8.01. The maximum Gasteiger partial charge on any atom is 0.151 e. The molecule has 9 heavy (non-hydrogen) atoms. The predicted octanol–water partition coefficient (Wildman–Crippen LogP) is 0.299. The Kier molecular flexibility index (Phi) is 2.13. The Hall–Kier alpha value is -0.0200. The molecule has 2 atom stereocenters. The monoisotopic (exact) mass is 146 g/mol. The van der Waals surface area contributed by atoms with Crippen molar-refractivity contribution < 1.29 is 9.90 Å². The largest absolute Gasteiger partial charge is 0.395 e. The molecule has 0 spiro atoms. The molecule has 0 radical (unpaired) electrons. The van der Waals surface area contributed by atoms with E-state index in [1.54, 1.807) is 11.8 Å². The molecule has 0 aromatic carbocycles. The molecule has 1 fully saturated rings. The van der Waals surface area contributed by atoms with Crippen LogP contribution in [0.15, 0.2) is 0 Å². The summed E-state index contributed by atoms with van der Waals surface area (Å²) >= 11 is 1.56. The van der Waals surface area contributed by atoms with Gasteiger partial charge in [-0.25, -0.2) is 0 Å². The number of rotatable bonds is 1. The summed E-state index contributed by atoms with van der Waals surface area (Å²) < 4.78 is 0. The molecule has 0 saturated carbocycles. The molecule has 0 unspecified atom stereocenters. The zero-order valence-corrected chi connectivity index (χ0v) is 6.15. The van der Waals surface area contributed by atoms with E-state index in [0.29, 0.717) is 0 Å². The summed E-state index contributed by atoms with van der Waals surface area (Å²) in [5.74, 6) is 1.25. The highest BCUT2D eigenvalue weighted by Crippen LogP contribution is 2.26. The normalized spacial score (nSPS) is 35.6. The van der Waals surface area contributed by atoms with Gasteiger partial charge in [0.05, 0.1) is 11.9 Å². The standard InChI is InChI=1S/C6H10O2S/c1-4-3-9-5(2-7)6(4)8/h4-5,7H,2-3H2,1H3/t4-,5-/m1/s1. The Labute approximate surface area is 58.6 Å². The Morgan fingerprint density at radius 3 is 2.78 bits per heavy atom. The van der Waals surface area contributed by atoms with Crippen LogP contribution in [-0.2, 0) is 4.79 Å². The van der Waals surface area contributed by atoms with E-state index in [-0.39, 0.29) is 23.6 Å². The summed E-state index contributed by atoms with van der Waals surface area (Å²) in [4.78, 5) is 11.0. The number of Topliss-reactive ketones (excluding diaryl/α,β-unsaturated/α-hetero) is 1. The molecule has 0 aromatic rings. The first kappa shape index (κ1) is 7.09. The fourth-order valence-corrected chi connectivity index (χ4v) is 2.07. The van der Waals surface area contributed by atoms with Gasteiger partial charge in [-0.1, -0.05) is 6.92 Å². The van der Waals surface area contributed by atoms with E-state index in [9.17, 15) is 4.79 Å². The van der Waals surface area contributed by atoms with Gasteiger partial charge in [-0.05, 0) is 0 Å². The molecule has 2 nitrogen and oxygen atoms in total. The predicted molar refractivity (Wildman–Crippen MR) is 37.5 cm³/mol. The molecule has 1 N–H and O–H groups in total. The zero-order valence-electron chi connectivity index (χ0n) is 5.33. The molecular formula is C6H10O2S. The Morgan fingerprint density at radius 2 is 2.56 bits per heavy atom. The van der Waals surface area contributed by atoms with E-state index in [1.807, 2.05) is 6.92 Å². The van der Waals surface area contributed by atoms with Crippen molar-refractivity contribution in [2.45, 2.75) is 12.2 Å². The number of ketones is 1.